The largest absolute Gasteiger partial charge is 0.454 e. The number of hydrogen-bond acceptors (Lipinski definition) is 7. The number of amides is 1. The Morgan fingerprint density at radius 2 is 1.88 bits per heavy atom. The number of fused-ring (bicyclic) bond motifs is 1. The molecular weight excluding hydrogens is 574 g/mol. The maximum atomic E-state index is 13.6. The van der Waals surface area contributed by atoms with Gasteiger partial charge in [-0.3, -0.25) is 9.69 Å². The number of ether oxygens (including phenoxy) is 2. The van der Waals surface area contributed by atoms with Gasteiger partial charge in [0, 0.05) is 37.2 Å². The molecule has 2 N–H and O–H groups in total. The van der Waals surface area contributed by atoms with E-state index in [-0.39, 0.29) is 28.8 Å². The van der Waals surface area contributed by atoms with Gasteiger partial charge in [-0.1, -0.05) is 74.9 Å². The summed E-state index contributed by atoms with van der Waals surface area (Å²) in [7, 11) is -0.666. The van der Waals surface area contributed by atoms with E-state index in [0.29, 0.717) is 21.7 Å². The van der Waals surface area contributed by atoms with Gasteiger partial charge < -0.3 is 19.9 Å². The molecule has 7 nitrogen and oxygen atoms in total. The van der Waals surface area contributed by atoms with E-state index in [4.69, 9.17) is 21.1 Å². The number of thiazole rings is 1. The number of aliphatic hydroxyl groups is 1. The highest BCUT2D eigenvalue weighted by Crippen LogP contribution is 2.57. The Balaban J connectivity index is 1.29. The molecule has 10 heteroatoms. The highest BCUT2D eigenvalue weighted by molar-refractivity contribution is 7.15. The van der Waals surface area contributed by atoms with Crippen molar-refractivity contribution in [1.29, 1.82) is 0 Å². The standard InChI is InChI=1S/C31H38ClN3O4SSi/c1-28(2,3)41-29(4)14-15-35(30(29,5)37)25(20-8-6-7-9-21(20)32)24-17-33-27(40-24)34-26(36)31(12-13-31)19-10-11-22-23(16-19)39-18-38-22/h6-11,16-17,25,37H,12-15,18,41H2,1-5H3,(H,33,34,36)/t25-,29?,30?/m1/s1. The zero-order valence-electron chi connectivity index (χ0n) is 24.3. The second-order valence-electron chi connectivity index (χ2n) is 13.4. The van der Waals surface area contributed by atoms with Gasteiger partial charge in [0.25, 0.3) is 0 Å². The van der Waals surface area contributed by atoms with Gasteiger partial charge in [0.2, 0.25) is 12.7 Å². The van der Waals surface area contributed by atoms with E-state index in [2.05, 4.69) is 42.9 Å². The zero-order valence-corrected chi connectivity index (χ0v) is 27.3. The van der Waals surface area contributed by atoms with Crippen LogP contribution in [0.25, 0.3) is 0 Å². The molecular formula is C31H38ClN3O4SSi. The number of nitrogens with one attached hydrogen (secondary N) is 1. The van der Waals surface area contributed by atoms with Crippen LogP contribution in [0.3, 0.4) is 0 Å². The van der Waals surface area contributed by atoms with Crippen LogP contribution < -0.4 is 14.8 Å². The topological polar surface area (TPSA) is 83.9 Å². The molecule has 41 heavy (non-hydrogen) atoms. The summed E-state index contributed by atoms with van der Waals surface area (Å²) in [6.07, 6.45) is 4.28. The molecule has 3 aromatic rings. The number of anilines is 1. The lowest BCUT2D eigenvalue weighted by Gasteiger charge is -2.46. The second kappa shape index (κ2) is 10.1. The monoisotopic (exact) mass is 611 g/mol. The first kappa shape index (κ1) is 28.7. The quantitative estimate of drug-likeness (QED) is 0.307. The molecule has 0 bridgehead atoms. The fourth-order valence-corrected chi connectivity index (χ4v) is 11.2. The number of benzene rings is 2. The summed E-state index contributed by atoms with van der Waals surface area (Å²) in [6.45, 7) is 12.0. The molecule has 1 amide bonds. The van der Waals surface area contributed by atoms with E-state index >= 15 is 0 Å². The Bertz CT molecular complexity index is 1480. The second-order valence-corrected chi connectivity index (χ2v) is 18.9. The normalized spacial score (nSPS) is 26.0. The maximum Gasteiger partial charge on any atom is 0.236 e. The number of rotatable bonds is 7. The molecule has 3 aliphatic rings. The van der Waals surface area contributed by atoms with Crippen molar-refractivity contribution in [2.24, 2.45) is 0 Å². The molecule has 6 rings (SSSR count). The molecule has 0 radical (unpaired) electrons. The third-order valence-electron chi connectivity index (χ3n) is 9.16. The first-order valence-corrected chi connectivity index (χ1v) is 16.8. The summed E-state index contributed by atoms with van der Waals surface area (Å²) in [4.78, 5) is 21.4. The highest BCUT2D eigenvalue weighted by Gasteiger charge is 2.56. The highest BCUT2D eigenvalue weighted by atomic mass is 35.5. The molecule has 1 aliphatic carbocycles. The molecule has 1 saturated carbocycles. The van der Waals surface area contributed by atoms with Crippen molar-refractivity contribution in [1.82, 2.24) is 9.88 Å². The van der Waals surface area contributed by atoms with E-state index in [1.54, 1.807) is 0 Å². The van der Waals surface area contributed by atoms with Crippen molar-refractivity contribution < 1.29 is 19.4 Å². The summed E-state index contributed by atoms with van der Waals surface area (Å²) in [5.41, 5.74) is 0.241. The lowest BCUT2D eigenvalue weighted by atomic mass is 9.94. The molecule has 2 aliphatic heterocycles. The fourth-order valence-electron chi connectivity index (χ4n) is 6.80. The van der Waals surface area contributed by atoms with Crippen molar-refractivity contribution in [2.75, 3.05) is 18.7 Å². The number of nitrogens with zero attached hydrogens (tertiary/aromatic N) is 2. The first-order valence-electron chi connectivity index (χ1n) is 14.2. The third kappa shape index (κ3) is 5.10. The van der Waals surface area contributed by atoms with E-state index in [1.807, 2.05) is 55.6 Å². The van der Waals surface area contributed by atoms with Gasteiger partial charge in [0.15, 0.2) is 16.6 Å². The molecule has 1 aromatic heterocycles. The third-order valence-corrected chi connectivity index (χ3v) is 13.3. The van der Waals surface area contributed by atoms with Crippen LogP contribution in [0.2, 0.25) is 15.1 Å². The van der Waals surface area contributed by atoms with Gasteiger partial charge >= 0.3 is 0 Å². The molecule has 2 fully saturated rings. The van der Waals surface area contributed by atoms with Gasteiger partial charge in [-0.2, -0.15) is 0 Å². The Hall–Kier alpha value is -2.43. The predicted octanol–water partition coefficient (Wildman–Crippen LogP) is 6.26. The van der Waals surface area contributed by atoms with E-state index in [1.165, 1.54) is 11.3 Å². The number of halogens is 1. The maximum absolute atomic E-state index is 13.6. The van der Waals surface area contributed by atoms with Crippen molar-refractivity contribution in [3.05, 3.63) is 69.7 Å². The Morgan fingerprint density at radius 3 is 2.59 bits per heavy atom. The van der Waals surface area contributed by atoms with Gasteiger partial charge in [-0.05, 0) is 60.6 Å². The summed E-state index contributed by atoms with van der Waals surface area (Å²) in [5.74, 6) is 1.32. The average molecular weight is 612 g/mol. The van der Waals surface area contributed by atoms with Crippen LogP contribution in [0.1, 0.15) is 75.9 Å². The lowest BCUT2D eigenvalue weighted by molar-refractivity contribution is -0.118. The molecule has 0 spiro atoms. The van der Waals surface area contributed by atoms with Crippen LogP contribution >= 0.6 is 22.9 Å². The van der Waals surface area contributed by atoms with Gasteiger partial charge in [0.05, 0.1) is 11.5 Å². The van der Waals surface area contributed by atoms with E-state index in [9.17, 15) is 9.90 Å². The summed E-state index contributed by atoms with van der Waals surface area (Å²) < 4.78 is 11.0. The smallest absolute Gasteiger partial charge is 0.236 e. The zero-order chi connectivity index (χ0) is 29.2. The minimum Gasteiger partial charge on any atom is -0.454 e. The number of likely N-dealkylation sites (tertiary alicyclic amines) is 1. The molecule has 3 atom stereocenters. The summed E-state index contributed by atoms with van der Waals surface area (Å²) in [6, 6.07) is 13.3. The molecule has 2 unspecified atom stereocenters. The van der Waals surface area contributed by atoms with Crippen LogP contribution in [-0.2, 0) is 10.2 Å². The number of hydrogen-bond donors (Lipinski definition) is 2. The predicted molar refractivity (Wildman–Crippen MR) is 166 cm³/mol. The molecule has 218 valence electrons. The lowest BCUT2D eigenvalue weighted by Crippen LogP contribution is -2.51. The molecule has 1 saturated heterocycles. The minimum atomic E-state index is -1.03. The van der Waals surface area contributed by atoms with Gasteiger partial charge in [0.1, 0.15) is 5.72 Å². The average Bonchev–Trinajstić information content (AvgIpc) is 3.25. The summed E-state index contributed by atoms with van der Waals surface area (Å²) >= 11 is 8.23. The number of carbonyl (C=O) groups is 1. The number of aromatic nitrogens is 1. The SMILES string of the molecule is CC(C)(C)[SiH2]C1(C)CCN([C@@H](c2cnc(NC(=O)C3(c4ccc5c(c4)OCO5)CC3)s2)c2ccccc2Cl)C1(C)O. The minimum absolute atomic E-state index is 0.0662. The van der Waals surface area contributed by atoms with Gasteiger partial charge in [-0.25, -0.2) is 4.98 Å². The van der Waals surface area contributed by atoms with Crippen LogP contribution in [0.4, 0.5) is 5.13 Å². The molecule has 3 heterocycles. The summed E-state index contributed by atoms with van der Waals surface area (Å²) in [5, 5.41) is 16.5. The fraction of sp³-hybridized carbons (Fsp3) is 0.484. The van der Waals surface area contributed by atoms with Crippen molar-refractivity contribution >= 4 is 43.5 Å². The van der Waals surface area contributed by atoms with Crippen LogP contribution in [0.15, 0.2) is 48.7 Å². The van der Waals surface area contributed by atoms with E-state index < -0.39 is 20.7 Å². The Morgan fingerprint density at radius 1 is 1.15 bits per heavy atom. The van der Waals surface area contributed by atoms with Crippen molar-refractivity contribution in [3.8, 4) is 11.5 Å². The van der Waals surface area contributed by atoms with Crippen molar-refractivity contribution in [2.45, 2.75) is 81.1 Å². The Labute approximate surface area is 253 Å². The van der Waals surface area contributed by atoms with Crippen LogP contribution in [0.5, 0.6) is 11.5 Å². The van der Waals surface area contributed by atoms with Crippen molar-refractivity contribution in [3.63, 3.8) is 0 Å². The number of carbonyl (C=O) groups excluding carboxylic acids is 1. The first-order chi connectivity index (χ1) is 19.3. The van der Waals surface area contributed by atoms with Crippen LogP contribution in [-0.4, -0.2) is 49.5 Å². The van der Waals surface area contributed by atoms with E-state index in [0.717, 1.165) is 41.8 Å². The molecule has 2 aromatic carbocycles. The Kier molecular flexibility index (Phi) is 7.06. The van der Waals surface area contributed by atoms with Crippen LogP contribution in [0, 0.1) is 0 Å². The van der Waals surface area contributed by atoms with Gasteiger partial charge in [-0.15, -0.1) is 0 Å².